The summed E-state index contributed by atoms with van der Waals surface area (Å²) in [6.45, 7) is 1.37. The maximum Gasteiger partial charge on any atom is 0.341 e. The fourth-order valence-corrected chi connectivity index (χ4v) is 0.909. The van der Waals surface area contributed by atoms with Crippen LogP contribution in [-0.4, -0.2) is 29.9 Å². The van der Waals surface area contributed by atoms with Crippen LogP contribution in [0.2, 0.25) is 0 Å². The second-order valence-electron chi connectivity index (χ2n) is 2.57. The second kappa shape index (κ2) is 3.25. The molecule has 12 heavy (non-hydrogen) atoms. The molecular formula is C7H8N2O3. The van der Waals surface area contributed by atoms with Crippen LogP contribution in [0.25, 0.3) is 0 Å². The van der Waals surface area contributed by atoms with Crippen molar-refractivity contribution in [1.29, 1.82) is 0 Å². The third-order valence-corrected chi connectivity index (χ3v) is 1.44. The maximum absolute atomic E-state index is 11.0. The first-order valence-corrected chi connectivity index (χ1v) is 3.47. The number of Topliss-reactive ketones (excluding diaryl/α,β-unsaturated/α-hetero) is 2. The number of carbonyl (C=O) groups is 3. The number of nitrogens with zero attached hydrogens (tertiary/aromatic N) is 1. The summed E-state index contributed by atoms with van der Waals surface area (Å²) in [4.78, 5) is 35.4. The number of carbonyl (C=O) groups excluding carboxylic acids is 3. The minimum absolute atomic E-state index is 0.0383. The van der Waals surface area contributed by atoms with Gasteiger partial charge in [0, 0.05) is 6.42 Å². The lowest BCUT2D eigenvalue weighted by atomic mass is 10.1. The standard InChI is InChI=1S/C7H8N2O3/c1-4(10)2-5-6(11)3-8-7(12)9-5/h3,5H,2H2,1H3,(H,9,12). The number of aliphatic imine (C=N–C) groups is 1. The Labute approximate surface area is 68.9 Å². The third kappa shape index (κ3) is 1.98. The SMILES string of the molecule is CC(=O)CC1NC(=O)N=CC1=O. The lowest BCUT2D eigenvalue weighted by Gasteiger charge is -2.15. The number of hydrogen-bond donors (Lipinski definition) is 1. The molecule has 0 spiro atoms. The fourth-order valence-electron chi connectivity index (χ4n) is 0.909. The number of urea groups is 1. The average molecular weight is 168 g/mol. The monoisotopic (exact) mass is 168 g/mol. The van der Waals surface area contributed by atoms with Crippen molar-refractivity contribution >= 4 is 23.8 Å². The van der Waals surface area contributed by atoms with Crippen molar-refractivity contribution in [1.82, 2.24) is 5.32 Å². The van der Waals surface area contributed by atoms with Crippen LogP contribution in [0.1, 0.15) is 13.3 Å². The Balaban J connectivity index is 2.66. The first-order chi connectivity index (χ1) is 5.59. The van der Waals surface area contributed by atoms with Crippen molar-refractivity contribution in [2.45, 2.75) is 19.4 Å². The Morgan fingerprint density at radius 3 is 2.92 bits per heavy atom. The molecule has 1 unspecified atom stereocenters. The van der Waals surface area contributed by atoms with Crippen LogP contribution in [0.15, 0.2) is 4.99 Å². The van der Waals surface area contributed by atoms with Gasteiger partial charge in [0.25, 0.3) is 0 Å². The van der Waals surface area contributed by atoms with E-state index in [0.29, 0.717) is 0 Å². The molecular weight excluding hydrogens is 160 g/mol. The molecule has 1 aliphatic rings. The first-order valence-electron chi connectivity index (χ1n) is 3.47. The summed E-state index contributed by atoms with van der Waals surface area (Å²) in [7, 11) is 0. The Kier molecular flexibility index (Phi) is 2.32. The highest BCUT2D eigenvalue weighted by Gasteiger charge is 2.23. The highest BCUT2D eigenvalue weighted by atomic mass is 16.2. The van der Waals surface area contributed by atoms with Crippen molar-refractivity contribution in [3.63, 3.8) is 0 Å². The van der Waals surface area contributed by atoms with Crippen LogP contribution in [0.5, 0.6) is 0 Å². The predicted octanol–water partition coefficient (Wildman–Crippen LogP) is -0.303. The molecule has 0 aromatic carbocycles. The quantitative estimate of drug-likeness (QED) is 0.614. The normalized spacial score (nSPS) is 22.2. The van der Waals surface area contributed by atoms with Gasteiger partial charge < -0.3 is 5.32 Å². The number of nitrogens with one attached hydrogen (secondary N) is 1. The third-order valence-electron chi connectivity index (χ3n) is 1.44. The molecule has 0 saturated carbocycles. The van der Waals surface area contributed by atoms with Gasteiger partial charge in [-0.2, -0.15) is 4.99 Å². The van der Waals surface area contributed by atoms with E-state index in [4.69, 9.17) is 0 Å². The summed E-state index contributed by atoms with van der Waals surface area (Å²) in [5.74, 6) is -0.464. The molecule has 1 aliphatic heterocycles. The zero-order chi connectivity index (χ0) is 9.14. The van der Waals surface area contributed by atoms with Gasteiger partial charge in [-0.15, -0.1) is 0 Å². The molecule has 0 radical (unpaired) electrons. The zero-order valence-electron chi connectivity index (χ0n) is 6.53. The highest BCUT2D eigenvalue weighted by Crippen LogP contribution is 1.98. The predicted molar refractivity (Wildman–Crippen MR) is 41.1 cm³/mol. The second-order valence-corrected chi connectivity index (χ2v) is 2.57. The molecule has 64 valence electrons. The van der Waals surface area contributed by atoms with Gasteiger partial charge in [-0.1, -0.05) is 0 Å². The van der Waals surface area contributed by atoms with Crippen molar-refractivity contribution < 1.29 is 14.4 Å². The van der Waals surface area contributed by atoms with E-state index in [0.717, 1.165) is 6.21 Å². The van der Waals surface area contributed by atoms with Gasteiger partial charge in [-0.3, -0.25) is 9.59 Å². The molecule has 1 N–H and O–H groups in total. The number of ketones is 2. The van der Waals surface area contributed by atoms with E-state index in [2.05, 4.69) is 10.3 Å². The molecule has 1 rings (SSSR count). The van der Waals surface area contributed by atoms with Crippen molar-refractivity contribution in [2.75, 3.05) is 0 Å². The number of hydrogen-bond acceptors (Lipinski definition) is 3. The molecule has 2 amide bonds. The van der Waals surface area contributed by atoms with E-state index in [9.17, 15) is 14.4 Å². The zero-order valence-corrected chi connectivity index (χ0v) is 6.53. The van der Waals surface area contributed by atoms with Gasteiger partial charge in [0.2, 0.25) is 0 Å². The van der Waals surface area contributed by atoms with Gasteiger partial charge in [0.15, 0.2) is 5.78 Å². The summed E-state index contributed by atoms with van der Waals surface area (Å²) in [6.07, 6.45) is 0.989. The van der Waals surface area contributed by atoms with Crippen LogP contribution in [0.4, 0.5) is 4.79 Å². The average Bonchev–Trinajstić information content (AvgIpc) is 1.96. The Morgan fingerprint density at radius 2 is 2.33 bits per heavy atom. The van der Waals surface area contributed by atoms with Crippen LogP contribution in [-0.2, 0) is 9.59 Å². The van der Waals surface area contributed by atoms with Gasteiger partial charge in [0.05, 0.1) is 6.21 Å². The smallest absolute Gasteiger partial charge is 0.326 e. The van der Waals surface area contributed by atoms with Crippen LogP contribution in [0, 0.1) is 0 Å². The lowest BCUT2D eigenvalue weighted by Crippen LogP contribution is -2.44. The first kappa shape index (κ1) is 8.58. The minimum Gasteiger partial charge on any atom is -0.326 e. The van der Waals surface area contributed by atoms with E-state index in [1.165, 1.54) is 6.92 Å². The lowest BCUT2D eigenvalue weighted by molar-refractivity contribution is -0.121. The molecule has 0 aromatic rings. The largest absolute Gasteiger partial charge is 0.341 e. The summed E-state index contributed by atoms with van der Waals surface area (Å²) < 4.78 is 0. The molecule has 1 atom stereocenters. The summed E-state index contributed by atoms with van der Waals surface area (Å²) in [5, 5.41) is 2.29. The molecule has 0 saturated heterocycles. The molecule has 0 aromatic heterocycles. The fraction of sp³-hybridized carbons (Fsp3) is 0.429. The van der Waals surface area contributed by atoms with Crippen LogP contribution in [0.3, 0.4) is 0 Å². The Bertz CT molecular complexity index is 270. The number of amides is 2. The Morgan fingerprint density at radius 1 is 1.67 bits per heavy atom. The van der Waals surface area contributed by atoms with Gasteiger partial charge in [-0.05, 0) is 6.92 Å². The maximum atomic E-state index is 11.0. The summed E-state index contributed by atoms with van der Waals surface area (Å²) in [6, 6.07) is -1.28. The van der Waals surface area contributed by atoms with Gasteiger partial charge >= 0.3 is 6.03 Å². The number of rotatable bonds is 2. The molecule has 0 aliphatic carbocycles. The van der Waals surface area contributed by atoms with E-state index in [1.54, 1.807) is 0 Å². The van der Waals surface area contributed by atoms with Gasteiger partial charge in [-0.25, -0.2) is 4.79 Å². The Hall–Kier alpha value is -1.52. The topological polar surface area (TPSA) is 75.6 Å². The minimum atomic E-state index is -0.715. The van der Waals surface area contributed by atoms with Gasteiger partial charge in [0.1, 0.15) is 11.8 Å². The molecule has 0 fully saturated rings. The van der Waals surface area contributed by atoms with E-state index < -0.39 is 12.1 Å². The summed E-state index contributed by atoms with van der Waals surface area (Å²) in [5.41, 5.74) is 0. The van der Waals surface area contributed by atoms with E-state index in [1.807, 2.05) is 0 Å². The van der Waals surface area contributed by atoms with Crippen molar-refractivity contribution in [2.24, 2.45) is 4.99 Å². The molecule has 5 nitrogen and oxygen atoms in total. The summed E-state index contributed by atoms with van der Waals surface area (Å²) >= 11 is 0. The van der Waals surface area contributed by atoms with E-state index >= 15 is 0 Å². The van der Waals surface area contributed by atoms with E-state index in [-0.39, 0.29) is 18.0 Å². The molecule has 1 heterocycles. The molecule has 0 bridgehead atoms. The molecule has 5 heteroatoms. The van der Waals surface area contributed by atoms with Crippen LogP contribution < -0.4 is 5.32 Å². The van der Waals surface area contributed by atoms with Crippen molar-refractivity contribution in [3.8, 4) is 0 Å². The van der Waals surface area contributed by atoms with Crippen LogP contribution >= 0.6 is 0 Å². The highest BCUT2D eigenvalue weighted by molar-refractivity contribution is 6.33. The van der Waals surface area contributed by atoms with Crippen molar-refractivity contribution in [3.05, 3.63) is 0 Å².